The molecule has 40 heavy (non-hydrogen) atoms. The van der Waals surface area contributed by atoms with E-state index in [1.807, 2.05) is 10.6 Å². The van der Waals surface area contributed by atoms with Gasteiger partial charge in [0.05, 0.1) is 42.5 Å². The molecule has 1 heterocycles. The summed E-state index contributed by atoms with van der Waals surface area (Å²) in [6.45, 7) is 10.7. The fraction of sp³-hybridized carbons (Fsp3) is 0.500. The summed E-state index contributed by atoms with van der Waals surface area (Å²) in [6, 6.07) is 6.99. The zero-order valence-corrected chi connectivity index (χ0v) is 24.5. The van der Waals surface area contributed by atoms with Gasteiger partial charge in [-0.1, -0.05) is 19.6 Å². The van der Waals surface area contributed by atoms with Gasteiger partial charge in [0.2, 0.25) is 6.43 Å². The molecule has 2 aromatic carbocycles. The smallest absolute Gasteiger partial charge is 0.311 e. The largest absolute Gasteiger partial charge is 0.493 e. The first-order valence-electron chi connectivity index (χ1n) is 13.2. The molecular weight excluding hydrogens is 546 g/mol. The van der Waals surface area contributed by atoms with E-state index in [-0.39, 0.29) is 12.4 Å². The Morgan fingerprint density at radius 3 is 2.42 bits per heavy atom. The lowest BCUT2D eigenvalue weighted by atomic mass is 9.93. The van der Waals surface area contributed by atoms with Crippen LogP contribution in [0.5, 0.6) is 5.75 Å². The van der Waals surface area contributed by atoms with E-state index in [2.05, 4.69) is 29.9 Å². The van der Waals surface area contributed by atoms with Gasteiger partial charge in [-0.3, -0.25) is 4.79 Å². The second-order valence-corrected chi connectivity index (χ2v) is 16.4. The van der Waals surface area contributed by atoms with E-state index in [1.54, 1.807) is 25.4 Å². The van der Waals surface area contributed by atoms with Crippen LogP contribution in [-0.2, 0) is 21.0 Å². The van der Waals surface area contributed by atoms with Gasteiger partial charge in [-0.25, -0.2) is 22.5 Å². The number of benzene rings is 2. The summed E-state index contributed by atoms with van der Waals surface area (Å²) in [7, 11) is -1.21. The highest BCUT2D eigenvalue weighted by Crippen LogP contribution is 2.34. The SMILES string of the molecule is CCOC(=O)C(C)C(Nc1ccc2c(c1)ncn2COCC[Si](C)(C)C)c1c(F)cc(OCCC(F)F)cc1F. The number of nitrogens with one attached hydrogen (secondary N) is 1. The number of imidazole rings is 1. The number of alkyl halides is 2. The molecule has 1 N–H and O–H groups in total. The highest BCUT2D eigenvalue weighted by molar-refractivity contribution is 6.76. The topological polar surface area (TPSA) is 74.6 Å². The standard InChI is InChI=1S/C28H37F4N3O4Si/c1-6-38-28(36)18(2)27(26-21(29)14-20(15-22(26)30)39-10-9-25(31)32)34-19-7-8-24-23(13-19)33-16-35(24)17-37-11-12-40(3,4)5/h7-8,13-16,18,25,27,34H,6,9-12,17H2,1-5H3. The average molecular weight is 584 g/mol. The van der Waals surface area contributed by atoms with E-state index in [0.29, 0.717) is 24.5 Å². The Bertz CT molecular complexity index is 1260. The summed E-state index contributed by atoms with van der Waals surface area (Å²) < 4.78 is 73.2. The fourth-order valence-electron chi connectivity index (χ4n) is 4.04. The normalized spacial score (nSPS) is 13.4. The van der Waals surface area contributed by atoms with Crippen LogP contribution in [0.15, 0.2) is 36.7 Å². The first-order valence-corrected chi connectivity index (χ1v) is 17.0. The molecule has 2 atom stereocenters. The maximum absolute atomic E-state index is 15.2. The van der Waals surface area contributed by atoms with Crippen LogP contribution < -0.4 is 10.1 Å². The number of hydrogen-bond donors (Lipinski definition) is 1. The molecule has 0 aliphatic carbocycles. The Morgan fingerprint density at radius 1 is 1.10 bits per heavy atom. The molecule has 0 aliphatic heterocycles. The van der Waals surface area contributed by atoms with Gasteiger partial charge in [-0.2, -0.15) is 0 Å². The number of fused-ring (bicyclic) bond motifs is 1. The van der Waals surface area contributed by atoms with Crippen LogP contribution in [0, 0.1) is 17.6 Å². The minimum Gasteiger partial charge on any atom is -0.493 e. The van der Waals surface area contributed by atoms with Crippen LogP contribution in [-0.4, -0.2) is 49.8 Å². The van der Waals surface area contributed by atoms with Gasteiger partial charge < -0.3 is 24.1 Å². The molecular formula is C28H37F4N3O4Si. The zero-order chi connectivity index (χ0) is 29.4. The highest BCUT2D eigenvalue weighted by atomic mass is 28.3. The van der Waals surface area contributed by atoms with E-state index in [1.165, 1.54) is 6.92 Å². The van der Waals surface area contributed by atoms with Crippen molar-refractivity contribution in [3.8, 4) is 5.75 Å². The molecule has 220 valence electrons. The van der Waals surface area contributed by atoms with Gasteiger partial charge in [-0.15, -0.1) is 0 Å². The monoisotopic (exact) mass is 583 g/mol. The Hall–Kier alpha value is -3.12. The zero-order valence-electron chi connectivity index (χ0n) is 23.5. The molecule has 0 bridgehead atoms. The van der Waals surface area contributed by atoms with Crippen LogP contribution in [0.3, 0.4) is 0 Å². The average Bonchev–Trinajstić information content (AvgIpc) is 3.26. The first kappa shape index (κ1) is 31.4. The number of ether oxygens (including phenoxy) is 3. The number of esters is 1. The van der Waals surface area contributed by atoms with Crippen molar-refractivity contribution in [1.29, 1.82) is 0 Å². The van der Waals surface area contributed by atoms with Gasteiger partial charge in [0.25, 0.3) is 0 Å². The third kappa shape index (κ3) is 8.69. The third-order valence-corrected chi connectivity index (χ3v) is 8.00. The lowest BCUT2D eigenvalue weighted by molar-refractivity contribution is -0.148. The minimum absolute atomic E-state index is 0.0984. The van der Waals surface area contributed by atoms with Crippen molar-refractivity contribution < 1.29 is 36.6 Å². The number of anilines is 1. The van der Waals surface area contributed by atoms with Gasteiger partial charge in [-0.05, 0) is 38.1 Å². The molecule has 0 radical (unpaired) electrons. The number of carbonyl (C=O) groups is 1. The number of aromatic nitrogens is 2. The molecule has 1 aromatic heterocycles. The summed E-state index contributed by atoms with van der Waals surface area (Å²) in [5.41, 5.74) is 1.53. The Labute approximate surface area is 232 Å². The second-order valence-electron chi connectivity index (χ2n) is 10.8. The maximum atomic E-state index is 15.2. The molecule has 3 rings (SSSR count). The Morgan fingerprint density at radius 2 is 1.80 bits per heavy atom. The van der Waals surface area contributed by atoms with Crippen molar-refractivity contribution in [3.63, 3.8) is 0 Å². The van der Waals surface area contributed by atoms with Crippen LogP contribution in [0.1, 0.15) is 31.9 Å². The predicted molar refractivity (Wildman–Crippen MR) is 148 cm³/mol. The summed E-state index contributed by atoms with van der Waals surface area (Å²) in [6.07, 6.45) is -1.51. The molecule has 3 aromatic rings. The highest BCUT2D eigenvalue weighted by Gasteiger charge is 2.32. The Balaban J connectivity index is 1.85. The third-order valence-electron chi connectivity index (χ3n) is 6.30. The van der Waals surface area contributed by atoms with Crippen molar-refractivity contribution in [3.05, 3.63) is 53.9 Å². The summed E-state index contributed by atoms with van der Waals surface area (Å²) >= 11 is 0. The van der Waals surface area contributed by atoms with E-state index in [0.717, 1.165) is 23.7 Å². The minimum atomic E-state index is -2.60. The Kier molecular flexibility index (Phi) is 11.0. The van der Waals surface area contributed by atoms with Gasteiger partial charge in [0, 0.05) is 44.5 Å². The molecule has 0 aliphatic rings. The number of nitrogens with zero attached hydrogens (tertiary/aromatic N) is 2. The number of carbonyl (C=O) groups excluding carboxylic acids is 1. The lowest BCUT2D eigenvalue weighted by Gasteiger charge is -2.26. The molecule has 12 heteroatoms. The molecule has 0 saturated carbocycles. The van der Waals surface area contributed by atoms with Crippen molar-refractivity contribution in [1.82, 2.24) is 9.55 Å². The number of hydrogen-bond acceptors (Lipinski definition) is 6. The summed E-state index contributed by atoms with van der Waals surface area (Å²) in [4.78, 5) is 17.0. The van der Waals surface area contributed by atoms with Crippen LogP contribution in [0.4, 0.5) is 23.2 Å². The van der Waals surface area contributed by atoms with Crippen LogP contribution in [0.2, 0.25) is 25.7 Å². The summed E-state index contributed by atoms with van der Waals surface area (Å²) in [5, 5.41) is 3.07. The van der Waals surface area contributed by atoms with Crippen molar-refractivity contribution in [2.75, 3.05) is 25.1 Å². The van der Waals surface area contributed by atoms with E-state index in [4.69, 9.17) is 14.2 Å². The van der Waals surface area contributed by atoms with Crippen molar-refractivity contribution >= 4 is 30.8 Å². The van der Waals surface area contributed by atoms with Crippen molar-refractivity contribution in [2.45, 2.75) is 65.2 Å². The quantitative estimate of drug-likeness (QED) is 0.0898. The predicted octanol–water partition coefficient (Wildman–Crippen LogP) is 7.01. The van der Waals surface area contributed by atoms with Gasteiger partial charge in [0.1, 0.15) is 24.1 Å². The van der Waals surface area contributed by atoms with Gasteiger partial charge in [0.15, 0.2) is 0 Å². The molecule has 0 amide bonds. The fourth-order valence-corrected chi connectivity index (χ4v) is 4.80. The number of halogens is 4. The van der Waals surface area contributed by atoms with Gasteiger partial charge >= 0.3 is 5.97 Å². The molecule has 0 spiro atoms. The second kappa shape index (κ2) is 14.0. The van der Waals surface area contributed by atoms with E-state index >= 15 is 8.78 Å². The lowest BCUT2D eigenvalue weighted by Crippen LogP contribution is -2.29. The molecule has 7 nitrogen and oxygen atoms in total. The van der Waals surface area contributed by atoms with Crippen LogP contribution >= 0.6 is 0 Å². The molecule has 2 unspecified atom stereocenters. The molecule has 0 saturated heterocycles. The van der Waals surface area contributed by atoms with Crippen molar-refractivity contribution in [2.24, 2.45) is 5.92 Å². The first-order chi connectivity index (χ1) is 18.9. The maximum Gasteiger partial charge on any atom is 0.311 e. The van der Waals surface area contributed by atoms with Crippen LogP contribution in [0.25, 0.3) is 11.0 Å². The molecule has 0 fully saturated rings. The van der Waals surface area contributed by atoms with E-state index in [9.17, 15) is 13.6 Å². The number of rotatable bonds is 15. The van der Waals surface area contributed by atoms with E-state index < -0.39 is 62.7 Å². The summed E-state index contributed by atoms with van der Waals surface area (Å²) in [5.74, 6) is -3.82.